The molecule has 20 heavy (non-hydrogen) atoms. The fourth-order valence-corrected chi connectivity index (χ4v) is 3.30. The number of anilines is 1. The molecule has 0 aliphatic carbocycles. The van der Waals surface area contributed by atoms with Crippen molar-refractivity contribution in [1.82, 2.24) is 4.98 Å². The molecular formula is C14H14ClN3OS. The monoisotopic (exact) mass is 307 g/mol. The van der Waals surface area contributed by atoms with Crippen LogP contribution in [0.4, 0.5) is 5.69 Å². The van der Waals surface area contributed by atoms with Crippen molar-refractivity contribution in [2.75, 3.05) is 18.0 Å². The first-order chi connectivity index (χ1) is 9.69. The minimum atomic E-state index is -0.0643. The molecule has 1 aliphatic heterocycles. The van der Waals surface area contributed by atoms with Crippen molar-refractivity contribution in [1.29, 1.82) is 0 Å². The summed E-state index contributed by atoms with van der Waals surface area (Å²) in [6.07, 6.45) is 1.57. The Morgan fingerprint density at radius 2 is 2.35 bits per heavy atom. The highest BCUT2D eigenvalue weighted by Crippen LogP contribution is 2.31. The Bertz CT molecular complexity index is 656. The quantitative estimate of drug-likeness (QED) is 0.948. The second kappa shape index (κ2) is 5.52. The van der Waals surface area contributed by atoms with Gasteiger partial charge in [-0.25, -0.2) is 4.98 Å². The number of carbonyl (C=O) groups excluding carboxylic acids is 1. The first kappa shape index (κ1) is 13.5. The van der Waals surface area contributed by atoms with Gasteiger partial charge in [-0.05, 0) is 30.7 Å². The molecule has 1 aliphatic rings. The minimum Gasteiger partial charge on any atom is -0.330 e. The molecule has 1 aromatic heterocycles. The van der Waals surface area contributed by atoms with E-state index in [1.54, 1.807) is 10.3 Å². The van der Waals surface area contributed by atoms with E-state index in [0.717, 1.165) is 22.7 Å². The first-order valence-corrected chi connectivity index (χ1v) is 7.69. The third kappa shape index (κ3) is 2.44. The number of halogens is 1. The molecule has 2 heterocycles. The second-order valence-electron chi connectivity index (χ2n) is 4.64. The Morgan fingerprint density at radius 3 is 3.15 bits per heavy atom. The highest BCUT2D eigenvalue weighted by Gasteiger charge is 2.27. The Hall–Kier alpha value is -1.43. The number of benzene rings is 1. The second-order valence-corrected chi connectivity index (χ2v) is 6.02. The van der Waals surface area contributed by atoms with Crippen molar-refractivity contribution in [3.8, 4) is 0 Å². The third-order valence-electron chi connectivity index (χ3n) is 3.32. The van der Waals surface area contributed by atoms with Crippen LogP contribution >= 0.6 is 22.9 Å². The molecule has 1 amide bonds. The van der Waals surface area contributed by atoms with E-state index in [0.29, 0.717) is 30.2 Å². The lowest BCUT2D eigenvalue weighted by Crippen LogP contribution is -2.29. The Labute approximate surface area is 126 Å². The molecule has 1 aromatic carbocycles. The van der Waals surface area contributed by atoms with E-state index in [-0.39, 0.29) is 5.91 Å². The number of nitrogens with zero attached hydrogens (tertiary/aromatic N) is 2. The van der Waals surface area contributed by atoms with Crippen LogP contribution in [-0.2, 0) is 12.8 Å². The van der Waals surface area contributed by atoms with Gasteiger partial charge in [0.05, 0.1) is 5.01 Å². The zero-order valence-electron chi connectivity index (χ0n) is 10.8. The Morgan fingerprint density at radius 1 is 1.50 bits per heavy atom. The van der Waals surface area contributed by atoms with Crippen LogP contribution in [-0.4, -0.2) is 24.0 Å². The van der Waals surface area contributed by atoms with E-state index < -0.39 is 0 Å². The van der Waals surface area contributed by atoms with Crippen LogP contribution in [0.25, 0.3) is 0 Å². The van der Waals surface area contributed by atoms with Crippen LogP contribution in [0.3, 0.4) is 0 Å². The van der Waals surface area contributed by atoms with Crippen LogP contribution in [0.15, 0.2) is 23.6 Å². The Kier molecular flexibility index (Phi) is 3.74. The lowest BCUT2D eigenvalue weighted by atomic mass is 10.2. The maximum atomic E-state index is 12.5. The van der Waals surface area contributed by atoms with Gasteiger partial charge in [-0.2, -0.15) is 0 Å². The molecule has 0 fully saturated rings. The number of hydrogen-bond donors (Lipinski definition) is 1. The van der Waals surface area contributed by atoms with Gasteiger partial charge in [-0.15, -0.1) is 11.3 Å². The van der Waals surface area contributed by atoms with Crippen molar-refractivity contribution in [2.45, 2.75) is 12.8 Å². The van der Waals surface area contributed by atoms with Crippen molar-refractivity contribution >= 4 is 34.5 Å². The van der Waals surface area contributed by atoms with Crippen LogP contribution in [0.1, 0.15) is 21.1 Å². The zero-order chi connectivity index (χ0) is 14.1. The van der Waals surface area contributed by atoms with E-state index in [9.17, 15) is 4.79 Å². The van der Waals surface area contributed by atoms with Crippen molar-refractivity contribution in [3.05, 3.63) is 44.9 Å². The molecule has 6 heteroatoms. The van der Waals surface area contributed by atoms with Gasteiger partial charge in [0.2, 0.25) is 0 Å². The van der Waals surface area contributed by atoms with E-state index in [4.69, 9.17) is 17.3 Å². The SMILES string of the molecule is NCCc1nc(C(=O)N2CCc3ccc(Cl)cc32)cs1. The molecule has 0 saturated carbocycles. The molecule has 0 unspecified atom stereocenters. The largest absolute Gasteiger partial charge is 0.330 e. The molecule has 0 saturated heterocycles. The van der Waals surface area contributed by atoms with Crippen molar-refractivity contribution in [2.24, 2.45) is 5.73 Å². The van der Waals surface area contributed by atoms with Crippen molar-refractivity contribution < 1.29 is 4.79 Å². The van der Waals surface area contributed by atoms with Gasteiger partial charge in [-0.3, -0.25) is 4.79 Å². The van der Waals surface area contributed by atoms with Gasteiger partial charge in [0, 0.05) is 29.1 Å². The number of amides is 1. The first-order valence-electron chi connectivity index (χ1n) is 6.44. The smallest absolute Gasteiger partial charge is 0.277 e. The lowest BCUT2D eigenvalue weighted by molar-refractivity contribution is 0.0985. The molecule has 2 N–H and O–H groups in total. The molecule has 0 bridgehead atoms. The average molecular weight is 308 g/mol. The normalized spacial score (nSPS) is 13.6. The summed E-state index contributed by atoms with van der Waals surface area (Å²) in [5, 5.41) is 3.35. The predicted molar refractivity (Wildman–Crippen MR) is 81.7 cm³/mol. The summed E-state index contributed by atoms with van der Waals surface area (Å²) in [6.45, 7) is 1.22. The van der Waals surface area contributed by atoms with Gasteiger partial charge in [0.15, 0.2) is 0 Å². The van der Waals surface area contributed by atoms with Gasteiger partial charge in [0.25, 0.3) is 5.91 Å². The highest BCUT2D eigenvalue weighted by atomic mass is 35.5. The molecule has 2 aromatic rings. The number of carbonyl (C=O) groups is 1. The van der Waals surface area contributed by atoms with E-state index in [1.807, 2.05) is 18.2 Å². The number of thiazole rings is 1. The molecule has 3 rings (SSSR count). The number of rotatable bonds is 3. The van der Waals surface area contributed by atoms with Crippen LogP contribution in [0.5, 0.6) is 0 Å². The third-order valence-corrected chi connectivity index (χ3v) is 4.46. The predicted octanol–water partition coefficient (Wildman–Crippen LogP) is 2.50. The number of hydrogen-bond acceptors (Lipinski definition) is 4. The van der Waals surface area contributed by atoms with Crippen molar-refractivity contribution in [3.63, 3.8) is 0 Å². The average Bonchev–Trinajstić information content (AvgIpc) is 3.05. The van der Waals surface area contributed by atoms with Gasteiger partial charge < -0.3 is 10.6 Å². The zero-order valence-corrected chi connectivity index (χ0v) is 12.4. The summed E-state index contributed by atoms with van der Waals surface area (Å²) in [6, 6.07) is 5.68. The van der Waals surface area contributed by atoms with Crippen LogP contribution < -0.4 is 10.6 Å². The summed E-state index contributed by atoms with van der Waals surface area (Å²) in [4.78, 5) is 18.6. The van der Waals surface area contributed by atoms with Crippen LogP contribution in [0, 0.1) is 0 Å². The van der Waals surface area contributed by atoms with Gasteiger partial charge in [0.1, 0.15) is 5.69 Å². The summed E-state index contributed by atoms with van der Waals surface area (Å²) in [5.74, 6) is -0.0643. The maximum absolute atomic E-state index is 12.5. The molecule has 104 valence electrons. The van der Waals surface area contributed by atoms with E-state index in [2.05, 4.69) is 4.98 Å². The molecular weight excluding hydrogens is 294 g/mol. The highest BCUT2D eigenvalue weighted by molar-refractivity contribution is 7.09. The summed E-state index contributed by atoms with van der Waals surface area (Å²) >= 11 is 7.50. The maximum Gasteiger partial charge on any atom is 0.277 e. The topological polar surface area (TPSA) is 59.2 Å². The fourth-order valence-electron chi connectivity index (χ4n) is 2.35. The lowest BCUT2D eigenvalue weighted by Gasteiger charge is -2.16. The minimum absolute atomic E-state index is 0.0643. The molecule has 0 atom stereocenters. The number of fused-ring (bicyclic) bond motifs is 1. The van der Waals surface area contributed by atoms with Gasteiger partial charge in [-0.1, -0.05) is 17.7 Å². The Balaban J connectivity index is 1.87. The summed E-state index contributed by atoms with van der Waals surface area (Å²) in [7, 11) is 0. The fraction of sp³-hybridized carbons (Fsp3) is 0.286. The van der Waals surface area contributed by atoms with Crippen LogP contribution in [0.2, 0.25) is 5.02 Å². The summed E-state index contributed by atoms with van der Waals surface area (Å²) < 4.78 is 0. The van der Waals surface area contributed by atoms with E-state index >= 15 is 0 Å². The molecule has 0 radical (unpaired) electrons. The standard InChI is InChI=1S/C14H14ClN3OS/c15-10-2-1-9-4-6-18(12(9)7-10)14(19)11-8-20-13(17-11)3-5-16/h1-2,7-8H,3-6,16H2. The summed E-state index contributed by atoms with van der Waals surface area (Å²) in [5.41, 5.74) is 8.05. The number of nitrogens with two attached hydrogens (primary N) is 1. The van der Waals surface area contributed by atoms with Gasteiger partial charge >= 0.3 is 0 Å². The van der Waals surface area contributed by atoms with E-state index in [1.165, 1.54) is 11.3 Å². The number of aromatic nitrogens is 1. The molecule has 0 spiro atoms. The molecule has 4 nitrogen and oxygen atoms in total.